The molecule has 1 aromatic heterocycles. The second-order valence-electron chi connectivity index (χ2n) is 5.32. The number of hydrazone groups is 1. The molecule has 0 aliphatic rings. The van der Waals surface area contributed by atoms with Crippen LogP contribution in [0.15, 0.2) is 58.4 Å². The summed E-state index contributed by atoms with van der Waals surface area (Å²) in [5.74, 6) is 0.0817. The van der Waals surface area contributed by atoms with E-state index in [1.54, 1.807) is 31.2 Å². The summed E-state index contributed by atoms with van der Waals surface area (Å²) < 4.78 is 14.5. The normalized spacial score (nSPS) is 11.7. The number of hydrogen-bond donors (Lipinski definition) is 1. The molecule has 1 N–H and O–H groups in total. The van der Waals surface area contributed by atoms with Crippen molar-refractivity contribution in [3.05, 3.63) is 70.3 Å². The molecule has 0 unspecified atom stereocenters. The van der Waals surface area contributed by atoms with E-state index in [1.807, 2.05) is 19.1 Å². The molecule has 0 aliphatic heterocycles. The molecule has 0 radical (unpaired) electrons. The maximum Gasteiger partial charge on any atom is 0.262 e. The Labute approximate surface area is 138 Å². The lowest BCUT2D eigenvalue weighted by Crippen LogP contribution is -2.23. The van der Waals surface area contributed by atoms with E-state index in [0.717, 1.165) is 5.56 Å². The lowest BCUT2D eigenvalue weighted by atomic mass is 10.1. The van der Waals surface area contributed by atoms with Gasteiger partial charge in [-0.1, -0.05) is 24.3 Å². The monoisotopic (exact) mass is 324 g/mol. The highest BCUT2D eigenvalue weighted by molar-refractivity contribution is 5.99. The molecule has 0 spiro atoms. The van der Waals surface area contributed by atoms with Crippen molar-refractivity contribution in [3.8, 4) is 0 Å². The van der Waals surface area contributed by atoms with Crippen molar-refractivity contribution in [2.24, 2.45) is 5.10 Å². The van der Waals surface area contributed by atoms with Gasteiger partial charge in [0, 0.05) is 6.54 Å². The Bertz CT molecular complexity index is 961. The van der Waals surface area contributed by atoms with Crippen LogP contribution >= 0.6 is 0 Å². The molecule has 2 aromatic carbocycles. The van der Waals surface area contributed by atoms with E-state index < -0.39 is 0 Å². The van der Waals surface area contributed by atoms with Crippen LogP contribution in [0.1, 0.15) is 19.4 Å². The summed E-state index contributed by atoms with van der Waals surface area (Å²) in [7, 11) is 0. The first-order chi connectivity index (χ1) is 11.6. The van der Waals surface area contributed by atoms with E-state index >= 15 is 0 Å². The Morgan fingerprint density at radius 1 is 1.21 bits per heavy atom. The van der Waals surface area contributed by atoms with Crippen molar-refractivity contribution in [2.75, 3.05) is 5.43 Å². The first kappa shape index (κ1) is 15.9. The van der Waals surface area contributed by atoms with Gasteiger partial charge in [0.1, 0.15) is 5.82 Å². The summed E-state index contributed by atoms with van der Waals surface area (Å²) in [6.45, 7) is 4.15. The first-order valence-electron chi connectivity index (χ1n) is 7.66. The zero-order chi connectivity index (χ0) is 17.1. The van der Waals surface area contributed by atoms with E-state index in [0.29, 0.717) is 29.1 Å². The van der Waals surface area contributed by atoms with Gasteiger partial charge in [-0.3, -0.25) is 9.36 Å². The van der Waals surface area contributed by atoms with Crippen molar-refractivity contribution in [3.63, 3.8) is 0 Å². The second kappa shape index (κ2) is 6.62. The van der Waals surface area contributed by atoms with Crippen LogP contribution in [0.2, 0.25) is 0 Å². The average molecular weight is 324 g/mol. The summed E-state index contributed by atoms with van der Waals surface area (Å²) in [5, 5.41) is 4.85. The van der Waals surface area contributed by atoms with Crippen molar-refractivity contribution in [1.82, 2.24) is 9.55 Å². The molecule has 122 valence electrons. The number of anilines is 1. The van der Waals surface area contributed by atoms with Crippen LogP contribution in [0.4, 0.5) is 10.3 Å². The van der Waals surface area contributed by atoms with Crippen molar-refractivity contribution >= 4 is 22.6 Å². The molecule has 0 aliphatic carbocycles. The summed E-state index contributed by atoms with van der Waals surface area (Å²) in [4.78, 5) is 17.0. The van der Waals surface area contributed by atoms with Gasteiger partial charge in [0.15, 0.2) is 0 Å². The van der Waals surface area contributed by atoms with Gasteiger partial charge in [0.05, 0.1) is 16.6 Å². The summed E-state index contributed by atoms with van der Waals surface area (Å²) in [6, 6.07) is 13.3. The van der Waals surface area contributed by atoms with Crippen LogP contribution in [-0.4, -0.2) is 15.3 Å². The predicted octanol–water partition coefficient (Wildman–Crippen LogP) is 3.39. The number of nitrogens with one attached hydrogen (secondary N) is 1. The Hall–Kier alpha value is -3.02. The van der Waals surface area contributed by atoms with Crippen molar-refractivity contribution in [1.29, 1.82) is 0 Å². The zero-order valence-electron chi connectivity index (χ0n) is 13.5. The molecule has 0 amide bonds. The van der Waals surface area contributed by atoms with Gasteiger partial charge in [-0.25, -0.2) is 14.8 Å². The quantitative estimate of drug-likeness (QED) is 0.591. The molecule has 24 heavy (non-hydrogen) atoms. The smallest absolute Gasteiger partial charge is 0.262 e. The minimum atomic E-state index is -0.296. The summed E-state index contributed by atoms with van der Waals surface area (Å²) >= 11 is 0. The number of nitrogens with zero attached hydrogens (tertiary/aromatic N) is 3. The van der Waals surface area contributed by atoms with Crippen LogP contribution in [0, 0.1) is 5.82 Å². The molecule has 0 saturated carbocycles. The summed E-state index contributed by atoms with van der Waals surface area (Å²) in [5.41, 5.74) is 4.81. The Balaban J connectivity index is 1.99. The lowest BCUT2D eigenvalue weighted by Gasteiger charge is -2.11. The number of hydrogen-bond acceptors (Lipinski definition) is 4. The third kappa shape index (κ3) is 3.03. The fraction of sp³-hybridized carbons (Fsp3) is 0.167. The SMILES string of the molecule is CCn1c(N/N=C(/C)c2ccc(F)cc2)nc2ccccc2c1=O. The standard InChI is InChI=1S/C18H17FN4O/c1-3-23-17(24)15-6-4-5-7-16(15)20-18(23)22-21-12(2)13-8-10-14(19)11-9-13/h4-11H,3H2,1-2H3,(H,20,22)/b21-12-. The van der Waals surface area contributed by atoms with E-state index in [9.17, 15) is 9.18 Å². The fourth-order valence-corrected chi connectivity index (χ4v) is 2.44. The zero-order valence-corrected chi connectivity index (χ0v) is 13.5. The van der Waals surface area contributed by atoms with Crippen molar-refractivity contribution < 1.29 is 4.39 Å². The maximum atomic E-state index is 13.0. The van der Waals surface area contributed by atoms with Crippen LogP contribution in [0.3, 0.4) is 0 Å². The third-order valence-electron chi connectivity index (χ3n) is 3.76. The van der Waals surface area contributed by atoms with Crippen LogP contribution in [0.25, 0.3) is 10.9 Å². The molecular weight excluding hydrogens is 307 g/mol. The Morgan fingerprint density at radius 3 is 2.62 bits per heavy atom. The molecular formula is C18H17FN4O. The van der Waals surface area contributed by atoms with Gasteiger partial charge in [0.25, 0.3) is 5.56 Å². The van der Waals surface area contributed by atoms with Gasteiger partial charge >= 0.3 is 0 Å². The number of benzene rings is 2. The molecule has 0 bridgehead atoms. The highest BCUT2D eigenvalue weighted by atomic mass is 19.1. The molecule has 1 heterocycles. The predicted molar refractivity (Wildman–Crippen MR) is 93.9 cm³/mol. The Kier molecular flexibility index (Phi) is 4.37. The number of para-hydroxylation sites is 1. The molecule has 3 rings (SSSR count). The minimum Gasteiger partial charge on any atom is -0.277 e. The topological polar surface area (TPSA) is 59.3 Å². The molecule has 0 saturated heterocycles. The summed E-state index contributed by atoms with van der Waals surface area (Å²) in [6.07, 6.45) is 0. The van der Waals surface area contributed by atoms with E-state index in [2.05, 4.69) is 15.5 Å². The number of halogens is 1. The molecule has 6 heteroatoms. The highest BCUT2D eigenvalue weighted by Gasteiger charge is 2.09. The van der Waals surface area contributed by atoms with Crippen LogP contribution in [-0.2, 0) is 6.54 Å². The fourth-order valence-electron chi connectivity index (χ4n) is 2.44. The number of aromatic nitrogens is 2. The highest BCUT2D eigenvalue weighted by Crippen LogP contribution is 2.12. The first-order valence-corrected chi connectivity index (χ1v) is 7.66. The second-order valence-corrected chi connectivity index (χ2v) is 5.32. The van der Waals surface area contributed by atoms with Gasteiger partial charge in [-0.05, 0) is 43.7 Å². The molecule has 0 fully saturated rings. The van der Waals surface area contributed by atoms with E-state index in [1.165, 1.54) is 16.7 Å². The van der Waals surface area contributed by atoms with Gasteiger partial charge < -0.3 is 0 Å². The molecule has 0 atom stereocenters. The number of rotatable bonds is 4. The van der Waals surface area contributed by atoms with E-state index in [4.69, 9.17) is 0 Å². The van der Waals surface area contributed by atoms with Gasteiger partial charge in [-0.15, -0.1) is 0 Å². The van der Waals surface area contributed by atoms with Gasteiger partial charge in [-0.2, -0.15) is 5.10 Å². The maximum absolute atomic E-state index is 13.0. The van der Waals surface area contributed by atoms with Crippen LogP contribution in [0.5, 0.6) is 0 Å². The van der Waals surface area contributed by atoms with E-state index in [-0.39, 0.29) is 11.4 Å². The van der Waals surface area contributed by atoms with Crippen LogP contribution < -0.4 is 11.0 Å². The largest absolute Gasteiger partial charge is 0.277 e. The minimum absolute atomic E-state index is 0.111. The van der Waals surface area contributed by atoms with Gasteiger partial charge in [0.2, 0.25) is 5.95 Å². The van der Waals surface area contributed by atoms with Crippen molar-refractivity contribution in [2.45, 2.75) is 20.4 Å². The average Bonchev–Trinajstić information content (AvgIpc) is 2.60. The number of fused-ring (bicyclic) bond motifs is 1. The molecule has 5 nitrogen and oxygen atoms in total. The third-order valence-corrected chi connectivity index (χ3v) is 3.76. The molecule has 3 aromatic rings. The Morgan fingerprint density at radius 2 is 1.92 bits per heavy atom. The lowest BCUT2D eigenvalue weighted by molar-refractivity contribution is 0.628.